The molecule has 2 aromatic rings. The maximum absolute atomic E-state index is 12.1. The van der Waals surface area contributed by atoms with Crippen LogP contribution in [0.2, 0.25) is 0 Å². The van der Waals surface area contributed by atoms with Crippen molar-refractivity contribution in [3.63, 3.8) is 0 Å². The van der Waals surface area contributed by atoms with Crippen LogP contribution >= 0.6 is 49.9 Å². The van der Waals surface area contributed by atoms with E-state index < -0.39 is 0 Å². The van der Waals surface area contributed by atoms with Gasteiger partial charge in [-0.15, -0.1) is 11.3 Å². The summed E-state index contributed by atoms with van der Waals surface area (Å²) in [6.07, 6.45) is 0. The third kappa shape index (κ3) is 3.11. The second-order valence-electron chi connectivity index (χ2n) is 5.34. The number of halogens is 2. The van der Waals surface area contributed by atoms with E-state index in [2.05, 4.69) is 69.3 Å². The maximum atomic E-state index is 12.1. The molecule has 0 aromatic carbocycles. The third-order valence-corrected chi connectivity index (χ3v) is 5.81. The van der Waals surface area contributed by atoms with Gasteiger partial charge in [-0.25, -0.2) is 4.98 Å². The lowest BCUT2D eigenvalue weighted by atomic mass is 9.92. The molecule has 2 rings (SSSR count). The number of rotatable bonds is 1. The van der Waals surface area contributed by atoms with Crippen LogP contribution in [0.1, 0.15) is 31.3 Å². The van der Waals surface area contributed by atoms with Crippen molar-refractivity contribution in [2.45, 2.75) is 33.1 Å². The molecular weight excluding hydrogens is 439 g/mol. The number of thiophene rings is 1. The zero-order chi connectivity index (χ0) is 14.4. The van der Waals surface area contributed by atoms with Gasteiger partial charge in [0.2, 0.25) is 0 Å². The van der Waals surface area contributed by atoms with Crippen LogP contribution in [0.25, 0.3) is 10.7 Å². The van der Waals surface area contributed by atoms with Gasteiger partial charge in [-0.1, -0.05) is 20.8 Å². The lowest BCUT2D eigenvalue weighted by Gasteiger charge is -2.19. The van der Waals surface area contributed by atoms with Crippen LogP contribution in [0, 0.1) is 10.5 Å². The molecule has 102 valence electrons. The highest BCUT2D eigenvalue weighted by Crippen LogP contribution is 2.33. The van der Waals surface area contributed by atoms with Gasteiger partial charge in [-0.3, -0.25) is 4.79 Å². The van der Waals surface area contributed by atoms with Gasteiger partial charge in [-0.05, 0) is 51.5 Å². The molecule has 6 heteroatoms. The summed E-state index contributed by atoms with van der Waals surface area (Å²) >= 11 is 7.18. The Balaban J connectivity index is 2.67. The molecule has 0 spiro atoms. The first-order valence-electron chi connectivity index (χ1n) is 5.76. The van der Waals surface area contributed by atoms with Gasteiger partial charge < -0.3 is 4.98 Å². The summed E-state index contributed by atoms with van der Waals surface area (Å²) in [7, 11) is 0. The highest BCUT2D eigenvalue weighted by atomic mass is 127. The van der Waals surface area contributed by atoms with Crippen LogP contribution in [-0.2, 0) is 5.41 Å². The fraction of sp³-hybridized carbons (Fsp3) is 0.385. The molecule has 0 unspecified atom stereocenters. The van der Waals surface area contributed by atoms with Gasteiger partial charge >= 0.3 is 0 Å². The van der Waals surface area contributed by atoms with E-state index in [4.69, 9.17) is 0 Å². The van der Waals surface area contributed by atoms with Crippen LogP contribution in [-0.4, -0.2) is 9.97 Å². The van der Waals surface area contributed by atoms with Crippen molar-refractivity contribution in [1.29, 1.82) is 0 Å². The minimum atomic E-state index is -0.150. The van der Waals surface area contributed by atoms with E-state index in [-0.39, 0.29) is 11.0 Å². The summed E-state index contributed by atoms with van der Waals surface area (Å²) in [5.74, 6) is 0.647. The SMILES string of the molecule is Cc1sc(-c2nc(C(C)(C)C)c(I)c(=O)[nH]2)cc1Br. The van der Waals surface area contributed by atoms with Crippen LogP contribution in [0.3, 0.4) is 0 Å². The zero-order valence-corrected chi connectivity index (χ0v) is 15.7. The van der Waals surface area contributed by atoms with Gasteiger partial charge in [0, 0.05) is 14.8 Å². The van der Waals surface area contributed by atoms with Crippen LogP contribution in [0.5, 0.6) is 0 Å². The molecule has 0 amide bonds. The summed E-state index contributed by atoms with van der Waals surface area (Å²) in [5, 5.41) is 0. The number of nitrogens with zero attached hydrogens (tertiary/aromatic N) is 1. The molecule has 3 nitrogen and oxygen atoms in total. The Kier molecular flexibility index (Phi) is 4.23. The van der Waals surface area contributed by atoms with Gasteiger partial charge in [0.15, 0.2) is 5.82 Å². The van der Waals surface area contributed by atoms with Crippen molar-refractivity contribution in [2.24, 2.45) is 0 Å². The number of aromatic nitrogens is 2. The standard InChI is InChI=1S/C13H14BrIN2OS/c1-6-7(14)5-8(19-6)11-16-10(13(2,3)4)9(15)12(18)17-11/h5H,1-4H3,(H,16,17,18). The Morgan fingerprint density at radius 3 is 2.53 bits per heavy atom. The number of hydrogen-bond donors (Lipinski definition) is 1. The minimum Gasteiger partial charge on any atom is -0.305 e. The molecule has 0 aliphatic heterocycles. The van der Waals surface area contributed by atoms with Crippen LogP contribution in [0.4, 0.5) is 0 Å². The molecule has 0 bridgehead atoms. The van der Waals surface area contributed by atoms with E-state index in [0.717, 1.165) is 15.0 Å². The molecule has 0 fully saturated rings. The van der Waals surface area contributed by atoms with Crippen LogP contribution in [0.15, 0.2) is 15.3 Å². The van der Waals surface area contributed by atoms with Crippen molar-refractivity contribution in [3.05, 3.63) is 35.0 Å². The number of nitrogens with one attached hydrogen (secondary N) is 1. The average Bonchev–Trinajstić information content (AvgIpc) is 2.61. The third-order valence-electron chi connectivity index (χ3n) is 2.66. The number of hydrogen-bond acceptors (Lipinski definition) is 3. The largest absolute Gasteiger partial charge is 0.305 e. The lowest BCUT2D eigenvalue weighted by Crippen LogP contribution is -2.24. The number of aryl methyl sites for hydroxylation is 1. The van der Waals surface area contributed by atoms with Crippen molar-refractivity contribution in [3.8, 4) is 10.7 Å². The summed E-state index contributed by atoms with van der Waals surface area (Å²) in [6.45, 7) is 8.23. The fourth-order valence-corrected chi connectivity index (χ4v) is 4.19. The molecule has 0 saturated carbocycles. The van der Waals surface area contributed by atoms with E-state index in [1.165, 1.54) is 4.88 Å². The average molecular weight is 453 g/mol. The Labute approximate surface area is 138 Å². The molecule has 0 aliphatic rings. The summed E-state index contributed by atoms with van der Waals surface area (Å²) in [5.41, 5.74) is 0.620. The Bertz CT molecular complexity index is 665. The molecular formula is C13H14BrIN2OS. The van der Waals surface area contributed by atoms with Gasteiger partial charge in [0.1, 0.15) is 3.57 Å². The van der Waals surface area contributed by atoms with Crippen molar-refractivity contribution in [1.82, 2.24) is 9.97 Å². The van der Waals surface area contributed by atoms with Crippen LogP contribution < -0.4 is 5.56 Å². The van der Waals surface area contributed by atoms with Crippen molar-refractivity contribution in [2.75, 3.05) is 0 Å². The van der Waals surface area contributed by atoms with E-state index in [1.54, 1.807) is 11.3 Å². The fourth-order valence-electron chi connectivity index (χ4n) is 1.65. The predicted molar refractivity (Wildman–Crippen MR) is 92.0 cm³/mol. The lowest BCUT2D eigenvalue weighted by molar-refractivity contribution is 0.562. The van der Waals surface area contributed by atoms with Gasteiger partial charge in [0.05, 0.1) is 10.6 Å². The molecule has 0 saturated heterocycles. The predicted octanol–water partition coefficient (Wildman–Crippen LogP) is 4.47. The Morgan fingerprint density at radius 2 is 2.05 bits per heavy atom. The van der Waals surface area contributed by atoms with Gasteiger partial charge in [0.25, 0.3) is 5.56 Å². The van der Waals surface area contributed by atoms with E-state index >= 15 is 0 Å². The Morgan fingerprint density at radius 1 is 1.42 bits per heavy atom. The van der Waals surface area contributed by atoms with Gasteiger partial charge in [-0.2, -0.15) is 0 Å². The number of H-pyrrole nitrogens is 1. The van der Waals surface area contributed by atoms with Crippen molar-refractivity contribution >= 4 is 49.9 Å². The van der Waals surface area contributed by atoms with Crippen molar-refractivity contribution < 1.29 is 0 Å². The monoisotopic (exact) mass is 452 g/mol. The maximum Gasteiger partial charge on any atom is 0.264 e. The molecule has 19 heavy (non-hydrogen) atoms. The molecule has 2 aromatic heterocycles. The zero-order valence-electron chi connectivity index (χ0n) is 11.1. The summed E-state index contributed by atoms with van der Waals surface area (Å²) in [6, 6.07) is 2.00. The Hall–Kier alpha value is -0.210. The summed E-state index contributed by atoms with van der Waals surface area (Å²) in [4.78, 5) is 21.7. The first kappa shape index (κ1) is 15.2. The molecule has 1 N–H and O–H groups in total. The molecule has 0 atom stereocenters. The second kappa shape index (κ2) is 5.29. The molecule has 0 aliphatic carbocycles. The first-order chi connectivity index (χ1) is 8.70. The van der Waals surface area contributed by atoms with E-state index in [1.807, 2.05) is 13.0 Å². The highest BCUT2D eigenvalue weighted by molar-refractivity contribution is 14.1. The summed E-state index contributed by atoms with van der Waals surface area (Å²) < 4.78 is 1.72. The quantitative estimate of drug-likeness (QED) is 0.648. The van der Waals surface area contributed by atoms with E-state index in [9.17, 15) is 4.79 Å². The van der Waals surface area contributed by atoms with E-state index in [0.29, 0.717) is 9.39 Å². The first-order valence-corrected chi connectivity index (χ1v) is 8.45. The number of aromatic amines is 1. The topological polar surface area (TPSA) is 45.8 Å². The highest BCUT2D eigenvalue weighted by Gasteiger charge is 2.22. The minimum absolute atomic E-state index is 0.0716. The molecule has 2 heterocycles. The normalized spacial score (nSPS) is 11.9. The second-order valence-corrected chi connectivity index (χ2v) is 8.53. The smallest absolute Gasteiger partial charge is 0.264 e. The molecule has 0 radical (unpaired) electrons.